The summed E-state index contributed by atoms with van der Waals surface area (Å²) in [7, 11) is 0. The van der Waals surface area contributed by atoms with Gasteiger partial charge in [0, 0.05) is 0 Å². The predicted octanol–water partition coefficient (Wildman–Crippen LogP) is 1.75. The maximum absolute atomic E-state index is 11.4. The van der Waals surface area contributed by atoms with Crippen LogP contribution in [0.4, 0.5) is 0 Å². The molecule has 0 spiro atoms. The Bertz CT molecular complexity index is 168. The van der Waals surface area contributed by atoms with E-state index >= 15 is 0 Å². The summed E-state index contributed by atoms with van der Waals surface area (Å²) in [6.07, 6.45) is 3.04. The number of esters is 1. The average molecular weight is 186 g/mol. The van der Waals surface area contributed by atoms with Gasteiger partial charge in [-0.05, 0) is 19.8 Å². The quantitative estimate of drug-likeness (QED) is 0.495. The number of hydrogen-bond donors (Lipinski definition) is 0. The van der Waals surface area contributed by atoms with Gasteiger partial charge in [-0.25, -0.2) is 0 Å². The molecular formula is C10H18O3. The second-order valence-electron chi connectivity index (χ2n) is 3.60. The molecular weight excluding hydrogens is 168 g/mol. The van der Waals surface area contributed by atoms with E-state index in [0.717, 1.165) is 19.3 Å². The highest BCUT2D eigenvalue weighted by molar-refractivity contribution is 5.72. The van der Waals surface area contributed by atoms with Crippen LogP contribution in [0.3, 0.4) is 0 Å². The van der Waals surface area contributed by atoms with Crippen molar-refractivity contribution in [3.8, 4) is 0 Å². The summed E-state index contributed by atoms with van der Waals surface area (Å²) < 4.78 is 10.4. The lowest BCUT2D eigenvalue weighted by Gasteiger charge is -2.07. The summed E-state index contributed by atoms with van der Waals surface area (Å²) in [6, 6.07) is 0. The van der Waals surface area contributed by atoms with Crippen LogP contribution in [-0.2, 0) is 14.3 Å². The minimum atomic E-state index is -0.0854. The molecule has 0 bridgehead atoms. The zero-order valence-corrected chi connectivity index (χ0v) is 8.41. The fourth-order valence-electron chi connectivity index (χ4n) is 1.42. The topological polar surface area (TPSA) is 35.5 Å². The van der Waals surface area contributed by atoms with E-state index in [1.54, 1.807) is 0 Å². The van der Waals surface area contributed by atoms with Gasteiger partial charge in [-0.3, -0.25) is 4.79 Å². The summed E-state index contributed by atoms with van der Waals surface area (Å²) in [5.74, 6) is -0.107. The molecule has 0 aromatic carbocycles. The molecule has 0 aromatic rings. The molecule has 1 heterocycles. The third kappa shape index (κ3) is 3.35. The zero-order valence-electron chi connectivity index (χ0n) is 8.41. The molecule has 3 nitrogen and oxygen atoms in total. The molecule has 0 saturated carbocycles. The molecule has 1 saturated heterocycles. The Morgan fingerprint density at radius 3 is 2.92 bits per heavy atom. The lowest BCUT2D eigenvalue weighted by atomic mass is 10.1. The molecule has 1 fully saturated rings. The predicted molar refractivity (Wildman–Crippen MR) is 49.4 cm³/mol. The standard InChI is InChI=1S/C10H18O3/c1-3-4-5-12-10(11)9-6-8(2)13-7-9/h8-9H,3-7H2,1-2H3. The SMILES string of the molecule is CCCCOC(=O)C1COC(C)C1. The van der Waals surface area contributed by atoms with Crippen molar-refractivity contribution >= 4 is 5.97 Å². The Labute approximate surface area is 79.4 Å². The largest absolute Gasteiger partial charge is 0.465 e. The van der Waals surface area contributed by atoms with Crippen LogP contribution in [-0.4, -0.2) is 25.3 Å². The molecule has 0 aliphatic carbocycles. The van der Waals surface area contributed by atoms with Crippen LogP contribution in [0, 0.1) is 5.92 Å². The van der Waals surface area contributed by atoms with E-state index in [1.807, 2.05) is 6.92 Å². The van der Waals surface area contributed by atoms with Crippen molar-refractivity contribution in [1.82, 2.24) is 0 Å². The first-order chi connectivity index (χ1) is 6.24. The first-order valence-electron chi connectivity index (χ1n) is 5.02. The summed E-state index contributed by atoms with van der Waals surface area (Å²) in [5, 5.41) is 0. The van der Waals surface area contributed by atoms with Crippen molar-refractivity contribution in [1.29, 1.82) is 0 Å². The normalized spacial score (nSPS) is 27.5. The summed E-state index contributed by atoms with van der Waals surface area (Å²) in [5.41, 5.74) is 0. The maximum Gasteiger partial charge on any atom is 0.311 e. The molecule has 1 rings (SSSR count). The lowest BCUT2D eigenvalue weighted by molar-refractivity contribution is -0.148. The van der Waals surface area contributed by atoms with E-state index in [0.29, 0.717) is 13.2 Å². The molecule has 2 unspecified atom stereocenters. The van der Waals surface area contributed by atoms with Gasteiger partial charge in [0.15, 0.2) is 0 Å². The van der Waals surface area contributed by atoms with Crippen LogP contribution in [0.2, 0.25) is 0 Å². The Kier molecular flexibility index (Phi) is 4.22. The smallest absolute Gasteiger partial charge is 0.311 e. The van der Waals surface area contributed by atoms with E-state index in [-0.39, 0.29) is 18.0 Å². The van der Waals surface area contributed by atoms with E-state index in [9.17, 15) is 4.79 Å². The van der Waals surface area contributed by atoms with Crippen LogP contribution >= 0.6 is 0 Å². The van der Waals surface area contributed by atoms with Crippen molar-refractivity contribution in [2.24, 2.45) is 5.92 Å². The summed E-state index contributed by atoms with van der Waals surface area (Å²) >= 11 is 0. The number of hydrogen-bond acceptors (Lipinski definition) is 3. The molecule has 2 atom stereocenters. The van der Waals surface area contributed by atoms with Crippen molar-refractivity contribution in [3.63, 3.8) is 0 Å². The maximum atomic E-state index is 11.4. The van der Waals surface area contributed by atoms with E-state index in [2.05, 4.69) is 6.92 Å². The Morgan fingerprint density at radius 2 is 2.38 bits per heavy atom. The van der Waals surface area contributed by atoms with Gasteiger partial charge < -0.3 is 9.47 Å². The third-order valence-corrected chi connectivity index (χ3v) is 2.27. The van der Waals surface area contributed by atoms with Crippen LogP contribution in [0.1, 0.15) is 33.1 Å². The molecule has 1 aliphatic rings. The monoisotopic (exact) mass is 186 g/mol. The van der Waals surface area contributed by atoms with Gasteiger partial charge in [-0.15, -0.1) is 0 Å². The molecule has 13 heavy (non-hydrogen) atoms. The average Bonchev–Trinajstić information content (AvgIpc) is 2.52. The third-order valence-electron chi connectivity index (χ3n) is 2.27. The number of rotatable bonds is 4. The first kappa shape index (κ1) is 10.5. The summed E-state index contributed by atoms with van der Waals surface area (Å²) in [6.45, 7) is 5.15. The van der Waals surface area contributed by atoms with Gasteiger partial charge in [0.2, 0.25) is 0 Å². The van der Waals surface area contributed by atoms with E-state index in [1.165, 1.54) is 0 Å². The highest BCUT2D eigenvalue weighted by Gasteiger charge is 2.29. The van der Waals surface area contributed by atoms with Crippen molar-refractivity contribution in [2.75, 3.05) is 13.2 Å². The Balaban J connectivity index is 2.16. The minimum Gasteiger partial charge on any atom is -0.465 e. The van der Waals surface area contributed by atoms with Crippen LogP contribution in [0.25, 0.3) is 0 Å². The number of ether oxygens (including phenoxy) is 2. The Morgan fingerprint density at radius 1 is 1.62 bits per heavy atom. The van der Waals surface area contributed by atoms with Gasteiger partial charge in [0.05, 0.1) is 25.2 Å². The molecule has 0 N–H and O–H groups in total. The molecule has 1 aliphatic heterocycles. The second kappa shape index (κ2) is 5.22. The van der Waals surface area contributed by atoms with Gasteiger partial charge in [-0.2, -0.15) is 0 Å². The minimum absolute atomic E-state index is 0.0214. The molecule has 76 valence electrons. The van der Waals surface area contributed by atoms with E-state index < -0.39 is 0 Å². The van der Waals surface area contributed by atoms with Gasteiger partial charge >= 0.3 is 5.97 Å². The van der Waals surface area contributed by atoms with Crippen LogP contribution in [0.15, 0.2) is 0 Å². The zero-order chi connectivity index (χ0) is 9.68. The van der Waals surface area contributed by atoms with Gasteiger partial charge in [0.1, 0.15) is 0 Å². The fraction of sp³-hybridized carbons (Fsp3) is 0.900. The van der Waals surface area contributed by atoms with Gasteiger partial charge in [0.25, 0.3) is 0 Å². The van der Waals surface area contributed by atoms with Crippen molar-refractivity contribution < 1.29 is 14.3 Å². The molecule has 0 radical (unpaired) electrons. The highest BCUT2D eigenvalue weighted by atomic mass is 16.5. The number of carbonyl (C=O) groups is 1. The van der Waals surface area contributed by atoms with Crippen molar-refractivity contribution in [3.05, 3.63) is 0 Å². The fourth-order valence-corrected chi connectivity index (χ4v) is 1.42. The number of carbonyl (C=O) groups excluding carboxylic acids is 1. The number of unbranched alkanes of at least 4 members (excludes halogenated alkanes) is 1. The van der Waals surface area contributed by atoms with E-state index in [4.69, 9.17) is 9.47 Å². The van der Waals surface area contributed by atoms with Gasteiger partial charge in [-0.1, -0.05) is 13.3 Å². The highest BCUT2D eigenvalue weighted by Crippen LogP contribution is 2.20. The second-order valence-corrected chi connectivity index (χ2v) is 3.60. The molecule has 0 aromatic heterocycles. The summed E-state index contributed by atoms with van der Waals surface area (Å²) in [4.78, 5) is 11.4. The van der Waals surface area contributed by atoms with Crippen molar-refractivity contribution in [2.45, 2.75) is 39.2 Å². The first-order valence-corrected chi connectivity index (χ1v) is 5.02. The molecule has 0 amide bonds. The Hall–Kier alpha value is -0.570. The van der Waals surface area contributed by atoms with Crippen LogP contribution < -0.4 is 0 Å². The van der Waals surface area contributed by atoms with Crippen LogP contribution in [0.5, 0.6) is 0 Å². The molecule has 3 heteroatoms. The lowest BCUT2D eigenvalue weighted by Crippen LogP contribution is -2.18.